The number of hydrogen-bond acceptors (Lipinski definition) is 4. The van der Waals surface area contributed by atoms with Gasteiger partial charge in [0.05, 0.1) is 10.6 Å². The molecule has 0 spiro atoms. The second-order valence-corrected chi connectivity index (χ2v) is 9.73. The number of halogens is 1. The molecule has 0 fully saturated rings. The maximum atomic E-state index is 14.4. The van der Waals surface area contributed by atoms with Crippen molar-refractivity contribution in [3.05, 3.63) is 89.2 Å². The summed E-state index contributed by atoms with van der Waals surface area (Å²) in [4.78, 5) is 10.9. The summed E-state index contributed by atoms with van der Waals surface area (Å²) in [5, 5.41) is 8.79. The monoisotopic (exact) mass is 469 g/mol. The van der Waals surface area contributed by atoms with Crippen molar-refractivity contribution in [3.63, 3.8) is 0 Å². The molecule has 0 unspecified atom stereocenters. The van der Waals surface area contributed by atoms with Gasteiger partial charge in [-0.1, -0.05) is 42.5 Å². The van der Waals surface area contributed by atoms with Gasteiger partial charge in [0.1, 0.15) is 18.2 Å². The van der Waals surface area contributed by atoms with Crippen LogP contribution in [0.2, 0.25) is 0 Å². The number of aliphatic carboxylic acids is 1. The Morgan fingerprint density at radius 2 is 1.85 bits per heavy atom. The van der Waals surface area contributed by atoms with Gasteiger partial charge in [0, 0.05) is 13.0 Å². The minimum Gasteiger partial charge on any atom is -0.487 e. The lowest BCUT2D eigenvalue weighted by molar-refractivity contribution is -0.136. The highest BCUT2D eigenvalue weighted by Crippen LogP contribution is 2.39. The van der Waals surface area contributed by atoms with E-state index in [1.54, 1.807) is 48.5 Å². The first-order valence-electron chi connectivity index (χ1n) is 10.7. The Bertz CT molecular complexity index is 1260. The van der Waals surface area contributed by atoms with Crippen LogP contribution in [-0.4, -0.2) is 26.0 Å². The molecule has 172 valence electrons. The highest BCUT2D eigenvalue weighted by atomic mass is 32.2. The average Bonchev–Trinajstić information content (AvgIpc) is 2.82. The second-order valence-electron chi connectivity index (χ2n) is 7.87. The number of carbonyl (C=O) groups is 1. The molecule has 0 saturated carbocycles. The summed E-state index contributed by atoms with van der Waals surface area (Å²) in [5.74, 6) is -1.05. The molecule has 0 aromatic heterocycles. The average molecular weight is 470 g/mol. The number of carboxylic acid groups (broad SMARTS) is 1. The highest BCUT2D eigenvalue weighted by Gasteiger charge is 2.31. The molecule has 1 N–H and O–H groups in total. The number of para-hydroxylation sites is 1. The molecule has 33 heavy (non-hydrogen) atoms. The maximum absolute atomic E-state index is 14.4. The van der Waals surface area contributed by atoms with Crippen molar-refractivity contribution < 1.29 is 27.4 Å². The van der Waals surface area contributed by atoms with E-state index in [9.17, 15) is 17.6 Å². The predicted molar refractivity (Wildman–Crippen MR) is 122 cm³/mol. The Labute approximate surface area is 192 Å². The number of sulfonamides is 1. The summed E-state index contributed by atoms with van der Waals surface area (Å²) in [6, 6.07) is 18.3. The van der Waals surface area contributed by atoms with E-state index < -0.39 is 21.8 Å². The van der Waals surface area contributed by atoms with E-state index in [2.05, 4.69) is 0 Å². The van der Waals surface area contributed by atoms with Crippen molar-refractivity contribution in [2.75, 3.05) is 10.8 Å². The Balaban J connectivity index is 1.59. The lowest BCUT2D eigenvalue weighted by atomic mass is 10.0. The van der Waals surface area contributed by atoms with Gasteiger partial charge in [-0.05, 0) is 60.2 Å². The molecule has 3 aromatic carbocycles. The van der Waals surface area contributed by atoms with Crippen LogP contribution in [0.3, 0.4) is 0 Å². The van der Waals surface area contributed by atoms with Gasteiger partial charge in [0.2, 0.25) is 0 Å². The topological polar surface area (TPSA) is 83.9 Å². The predicted octanol–water partition coefficient (Wildman–Crippen LogP) is 4.56. The molecule has 1 aliphatic heterocycles. The number of benzene rings is 3. The fourth-order valence-electron chi connectivity index (χ4n) is 3.94. The van der Waals surface area contributed by atoms with E-state index in [1.165, 1.54) is 10.4 Å². The SMILES string of the molecule is O=C(O)CCc1ccc(COc2cccc3c2N(S(=O)(=O)c2ccccc2)CCC3)cc1F. The number of rotatable bonds is 8. The fraction of sp³-hybridized carbons (Fsp3) is 0.240. The van der Waals surface area contributed by atoms with Gasteiger partial charge < -0.3 is 9.84 Å². The van der Waals surface area contributed by atoms with Gasteiger partial charge in [-0.3, -0.25) is 9.10 Å². The Morgan fingerprint density at radius 3 is 2.58 bits per heavy atom. The third-order valence-electron chi connectivity index (χ3n) is 5.59. The normalized spacial score (nSPS) is 13.4. The number of ether oxygens (including phenoxy) is 1. The first kappa shape index (κ1) is 22.8. The van der Waals surface area contributed by atoms with Crippen molar-refractivity contribution in [2.45, 2.75) is 37.2 Å². The van der Waals surface area contributed by atoms with Crippen LogP contribution >= 0.6 is 0 Å². The molecular weight excluding hydrogens is 445 g/mol. The zero-order valence-corrected chi connectivity index (χ0v) is 18.7. The number of aryl methyl sites for hydroxylation is 2. The molecule has 6 nitrogen and oxygen atoms in total. The fourth-order valence-corrected chi connectivity index (χ4v) is 5.51. The number of hydrogen-bond donors (Lipinski definition) is 1. The van der Waals surface area contributed by atoms with Gasteiger partial charge in [-0.25, -0.2) is 12.8 Å². The van der Waals surface area contributed by atoms with Crippen molar-refractivity contribution >= 4 is 21.7 Å². The number of anilines is 1. The molecule has 1 aliphatic rings. The maximum Gasteiger partial charge on any atom is 0.303 e. The summed E-state index contributed by atoms with van der Waals surface area (Å²) in [5.41, 5.74) is 2.30. The summed E-state index contributed by atoms with van der Waals surface area (Å²) >= 11 is 0. The molecule has 0 aliphatic carbocycles. The van der Waals surface area contributed by atoms with Crippen LogP contribution in [0.5, 0.6) is 5.75 Å². The lowest BCUT2D eigenvalue weighted by Gasteiger charge is -2.32. The minimum absolute atomic E-state index is 0.0474. The highest BCUT2D eigenvalue weighted by molar-refractivity contribution is 7.92. The van der Waals surface area contributed by atoms with Gasteiger partial charge in [0.15, 0.2) is 0 Å². The van der Waals surface area contributed by atoms with Gasteiger partial charge in [-0.2, -0.15) is 0 Å². The Kier molecular flexibility index (Phi) is 6.65. The standard InChI is InChI=1S/C25H24FNO5S/c26-22-16-18(11-12-19(22)13-14-24(28)29)17-32-23-10-4-6-20-7-5-15-27(25(20)23)33(30,31)21-8-2-1-3-9-21/h1-4,6,8-12,16H,5,7,13-15,17H2,(H,28,29). The van der Waals surface area contributed by atoms with Crippen LogP contribution in [-0.2, 0) is 34.3 Å². The van der Waals surface area contributed by atoms with Crippen LogP contribution in [0.25, 0.3) is 0 Å². The van der Waals surface area contributed by atoms with Crippen molar-refractivity contribution in [1.29, 1.82) is 0 Å². The largest absolute Gasteiger partial charge is 0.487 e. The quantitative estimate of drug-likeness (QED) is 0.523. The van der Waals surface area contributed by atoms with E-state index in [-0.39, 0.29) is 24.3 Å². The molecule has 3 aromatic rings. The van der Waals surface area contributed by atoms with Gasteiger partial charge in [0.25, 0.3) is 10.0 Å². The van der Waals surface area contributed by atoms with E-state index in [1.807, 2.05) is 12.1 Å². The summed E-state index contributed by atoms with van der Waals surface area (Å²) in [7, 11) is -3.76. The summed E-state index contributed by atoms with van der Waals surface area (Å²) in [6.45, 7) is 0.392. The zero-order valence-electron chi connectivity index (χ0n) is 17.9. The molecule has 0 bridgehead atoms. The van der Waals surface area contributed by atoms with E-state index in [4.69, 9.17) is 9.84 Å². The minimum atomic E-state index is -3.76. The number of fused-ring (bicyclic) bond motifs is 1. The third kappa shape index (κ3) is 5.01. The van der Waals surface area contributed by atoms with E-state index in [0.717, 1.165) is 12.0 Å². The number of carboxylic acids is 1. The molecule has 0 saturated heterocycles. The van der Waals surface area contributed by atoms with Crippen molar-refractivity contribution in [2.24, 2.45) is 0 Å². The molecule has 8 heteroatoms. The van der Waals surface area contributed by atoms with Crippen LogP contribution in [0.4, 0.5) is 10.1 Å². The molecule has 0 radical (unpaired) electrons. The van der Waals surface area contributed by atoms with Crippen molar-refractivity contribution in [3.8, 4) is 5.75 Å². The lowest BCUT2D eigenvalue weighted by Crippen LogP contribution is -2.35. The summed E-state index contributed by atoms with van der Waals surface area (Å²) in [6.07, 6.45) is 1.40. The van der Waals surface area contributed by atoms with Crippen LogP contribution in [0.1, 0.15) is 29.5 Å². The van der Waals surface area contributed by atoms with Gasteiger partial charge >= 0.3 is 5.97 Å². The first-order chi connectivity index (χ1) is 15.9. The Hall–Kier alpha value is -3.39. The second kappa shape index (κ2) is 9.62. The van der Waals surface area contributed by atoms with Crippen LogP contribution < -0.4 is 9.04 Å². The third-order valence-corrected chi connectivity index (χ3v) is 7.40. The number of nitrogens with zero attached hydrogens (tertiary/aromatic N) is 1. The van der Waals surface area contributed by atoms with E-state index >= 15 is 0 Å². The van der Waals surface area contributed by atoms with E-state index in [0.29, 0.717) is 35.5 Å². The van der Waals surface area contributed by atoms with Crippen LogP contribution in [0.15, 0.2) is 71.6 Å². The molecule has 4 rings (SSSR count). The zero-order chi connectivity index (χ0) is 23.4. The molecule has 1 heterocycles. The Morgan fingerprint density at radius 1 is 1.06 bits per heavy atom. The summed E-state index contributed by atoms with van der Waals surface area (Å²) < 4.78 is 48.4. The first-order valence-corrected chi connectivity index (χ1v) is 12.1. The van der Waals surface area contributed by atoms with Gasteiger partial charge in [-0.15, -0.1) is 0 Å². The molecular formula is C25H24FNO5S. The molecule has 0 amide bonds. The smallest absolute Gasteiger partial charge is 0.303 e. The van der Waals surface area contributed by atoms with Crippen LogP contribution in [0, 0.1) is 5.82 Å². The molecule has 0 atom stereocenters. The van der Waals surface area contributed by atoms with Crippen molar-refractivity contribution in [1.82, 2.24) is 0 Å².